The second-order valence-electron chi connectivity index (χ2n) is 11.8. The van der Waals surface area contributed by atoms with Gasteiger partial charge in [0.15, 0.2) is 34.8 Å². The summed E-state index contributed by atoms with van der Waals surface area (Å²) >= 11 is 0. The second-order valence-corrected chi connectivity index (χ2v) is 11.8. The average molecular weight is 605 g/mol. The van der Waals surface area contributed by atoms with Gasteiger partial charge in [-0.15, -0.1) is 0 Å². The van der Waals surface area contributed by atoms with Crippen molar-refractivity contribution in [3.8, 4) is 11.5 Å². The fraction of sp³-hybridized carbons (Fsp3) is 0.486. The molecule has 232 valence electrons. The zero-order valence-corrected chi connectivity index (χ0v) is 24.6. The van der Waals surface area contributed by atoms with Crippen LogP contribution in [-0.2, 0) is 0 Å². The van der Waals surface area contributed by atoms with E-state index in [1.165, 1.54) is 12.1 Å². The Kier molecular flexibility index (Phi) is 9.92. The first-order valence-electron chi connectivity index (χ1n) is 15.4. The van der Waals surface area contributed by atoms with Crippen molar-refractivity contribution in [1.82, 2.24) is 0 Å². The van der Waals surface area contributed by atoms with Gasteiger partial charge < -0.3 is 9.47 Å². The number of halogens is 6. The highest BCUT2D eigenvalue weighted by Crippen LogP contribution is 2.46. The highest BCUT2D eigenvalue weighted by atomic mass is 19.2. The minimum Gasteiger partial charge on any atom is -0.491 e. The molecule has 2 fully saturated rings. The molecule has 0 N–H and O–H groups in total. The molecule has 3 aromatic carbocycles. The first kappa shape index (κ1) is 31.3. The van der Waals surface area contributed by atoms with Crippen LogP contribution in [0.5, 0.6) is 11.5 Å². The van der Waals surface area contributed by atoms with Crippen molar-refractivity contribution in [2.24, 2.45) is 0 Å². The van der Waals surface area contributed by atoms with Crippen molar-refractivity contribution in [2.45, 2.75) is 95.3 Å². The van der Waals surface area contributed by atoms with E-state index in [9.17, 15) is 17.6 Å². The second kappa shape index (κ2) is 13.6. The summed E-state index contributed by atoms with van der Waals surface area (Å²) in [5, 5.41) is 0. The van der Waals surface area contributed by atoms with Gasteiger partial charge in [0, 0.05) is 0 Å². The molecule has 0 heterocycles. The molecule has 0 saturated heterocycles. The lowest BCUT2D eigenvalue weighted by Crippen LogP contribution is -2.17. The van der Waals surface area contributed by atoms with E-state index in [4.69, 9.17) is 9.47 Å². The normalized spacial score (nSPS) is 22.4. The van der Waals surface area contributed by atoms with Gasteiger partial charge in [0.1, 0.15) is 0 Å². The van der Waals surface area contributed by atoms with Gasteiger partial charge in [-0.1, -0.05) is 31.2 Å². The molecule has 0 unspecified atom stereocenters. The maximum Gasteiger partial charge on any atom is 0.200 e. The number of ether oxygens (including phenoxy) is 2. The van der Waals surface area contributed by atoms with Gasteiger partial charge in [0.2, 0.25) is 11.6 Å². The molecule has 2 aliphatic rings. The Balaban J connectivity index is 1.22. The van der Waals surface area contributed by atoms with E-state index in [2.05, 4.69) is 0 Å². The number of hydrogen-bond donors (Lipinski definition) is 0. The van der Waals surface area contributed by atoms with Crippen LogP contribution in [0.3, 0.4) is 0 Å². The Morgan fingerprint density at radius 2 is 0.767 bits per heavy atom. The molecule has 8 heteroatoms. The fourth-order valence-electron chi connectivity index (χ4n) is 6.96. The van der Waals surface area contributed by atoms with Crippen molar-refractivity contribution < 1.29 is 35.8 Å². The van der Waals surface area contributed by atoms with Crippen LogP contribution in [0.15, 0.2) is 36.4 Å². The number of rotatable bonds is 9. The predicted molar refractivity (Wildman–Crippen MR) is 154 cm³/mol. The van der Waals surface area contributed by atoms with E-state index in [0.717, 1.165) is 0 Å². The van der Waals surface area contributed by atoms with Crippen LogP contribution in [0.4, 0.5) is 26.3 Å². The molecule has 0 radical (unpaired) electrons. The molecule has 0 aromatic heterocycles. The molecular formula is C35H38F6O2. The maximum absolute atomic E-state index is 15.4. The molecule has 2 nitrogen and oxygen atoms in total. The highest BCUT2D eigenvalue weighted by Gasteiger charge is 2.32. The summed E-state index contributed by atoms with van der Waals surface area (Å²) in [6.45, 7) is 4.11. The van der Waals surface area contributed by atoms with E-state index < -0.39 is 34.9 Å². The molecular weight excluding hydrogens is 566 g/mol. The Morgan fingerprint density at radius 1 is 0.465 bits per heavy atom. The van der Waals surface area contributed by atoms with E-state index in [1.54, 1.807) is 31.2 Å². The van der Waals surface area contributed by atoms with E-state index >= 15 is 8.78 Å². The lowest BCUT2D eigenvalue weighted by atomic mass is 9.74. The SMILES string of the molecule is CCCOc1ccc(C2CCC(c3ccc(C4CCC(c5ccc(OCC)c(F)c5F)CC4)c(F)c3F)CC2)c(F)c1F. The van der Waals surface area contributed by atoms with Gasteiger partial charge in [-0.05, 0) is 123 Å². The van der Waals surface area contributed by atoms with Gasteiger partial charge in [-0.2, -0.15) is 8.78 Å². The van der Waals surface area contributed by atoms with Gasteiger partial charge in [-0.3, -0.25) is 0 Å². The van der Waals surface area contributed by atoms with Crippen LogP contribution >= 0.6 is 0 Å². The third-order valence-corrected chi connectivity index (χ3v) is 9.27. The van der Waals surface area contributed by atoms with Gasteiger partial charge in [-0.25, -0.2) is 17.6 Å². The average Bonchev–Trinajstić information content (AvgIpc) is 3.02. The summed E-state index contributed by atoms with van der Waals surface area (Å²) in [5.74, 6) is -6.54. The Bertz CT molecular complexity index is 1420. The van der Waals surface area contributed by atoms with Crippen LogP contribution in [0, 0.1) is 34.9 Å². The Hall–Kier alpha value is -3.16. The van der Waals surface area contributed by atoms with Crippen molar-refractivity contribution in [1.29, 1.82) is 0 Å². The number of benzene rings is 3. The van der Waals surface area contributed by atoms with E-state index in [0.29, 0.717) is 86.6 Å². The number of hydrogen-bond acceptors (Lipinski definition) is 2. The van der Waals surface area contributed by atoms with Crippen molar-refractivity contribution in [2.75, 3.05) is 13.2 Å². The van der Waals surface area contributed by atoms with Gasteiger partial charge in [0.05, 0.1) is 13.2 Å². The molecule has 0 spiro atoms. The zero-order valence-electron chi connectivity index (χ0n) is 24.6. The molecule has 0 aliphatic heterocycles. The van der Waals surface area contributed by atoms with Crippen LogP contribution in [0.1, 0.15) is 118 Å². The Labute approximate surface area is 249 Å². The quantitative estimate of drug-likeness (QED) is 0.226. The van der Waals surface area contributed by atoms with Crippen molar-refractivity contribution in [3.63, 3.8) is 0 Å². The first-order valence-corrected chi connectivity index (χ1v) is 15.4. The zero-order chi connectivity index (χ0) is 30.7. The molecule has 0 amide bonds. The summed E-state index contributed by atoms with van der Waals surface area (Å²) in [6.07, 6.45) is 4.94. The molecule has 0 bridgehead atoms. The topological polar surface area (TPSA) is 18.5 Å². The van der Waals surface area contributed by atoms with Gasteiger partial charge in [0.25, 0.3) is 0 Å². The summed E-state index contributed by atoms with van der Waals surface area (Å²) in [6, 6.07) is 9.35. The van der Waals surface area contributed by atoms with Crippen LogP contribution in [-0.4, -0.2) is 13.2 Å². The minimum absolute atomic E-state index is 0.0971. The third kappa shape index (κ3) is 6.39. The fourth-order valence-corrected chi connectivity index (χ4v) is 6.96. The first-order chi connectivity index (χ1) is 20.7. The molecule has 43 heavy (non-hydrogen) atoms. The van der Waals surface area contributed by atoms with E-state index in [-0.39, 0.29) is 41.8 Å². The lowest BCUT2D eigenvalue weighted by Gasteiger charge is -2.31. The minimum atomic E-state index is -0.994. The van der Waals surface area contributed by atoms with Gasteiger partial charge >= 0.3 is 0 Å². The standard InChI is InChI=1S/C35H38F6O2/c1-3-19-43-29-18-16-27(33(39)35(29)41)23-11-7-21(8-12-23)25-14-13-24(30(36)31(25)37)20-5-9-22(10-6-20)26-15-17-28(42-4-2)34(40)32(26)38/h13-18,20-23H,3-12,19H2,1-2H3. The molecule has 2 saturated carbocycles. The molecule has 0 atom stereocenters. The summed E-state index contributed by atoms with van der Waals surface area (Å²) in [5.41, 5.74) is 1.22. The summed E-state index contributed by atoms with van der Waals surface area (Å²) in [7, 11) is 0. The highest BCUT2D eigenvalue weighted by molar-refractivity contribution is 5.36. The monoisotopic (exact) mass is 604 g/mol. The van der Waals surface area contributed by atoms with Crippen LogP contribution in [0.25, 0.3) is 0 Å². The summed E-state index contributed by atoms with van der Waals surface area (Å²) < 4.78 is 99.8. The third-order valence-electron chi connectivity index (χ3n) is 9.27. The maximum atomic E-state index is 15.4. The molecule has 2 aliphatic carbocycles. The largest absolute Gasteiger partial charge is 0.491 e. The van der Waals surface area contributed by atoms with Crippen LogP contribution in [0.2, 0.25) is 0 Å². The van der Waals surface area contributed by atoms with Crippen molar-refractivity contribution >= 4 is 0 Å². The summed E-state index contributed by atoms with van der Waals surface area (Å²) in [4.78, 5) is 0. The molecule has 5 rings (SSSR count). The lowest BCUT2D eigenvalue weighted by molar-refractivity contribution is 0.293. The predicted octanol–water partition coefficient (Wildman–Crippen LogP) is 10.6. The Morgan fingerprint density at radius 3 is 1.09 bits per heavy atom. The smallest absolute Gasteiger partial charge is 0.200 e. The van der Waals surface area contributed by atoms with Crippen molar-refractivity contribution in [3.05, 3.63) is 93.6 Å². The molecule has 3 aromatic rings. The van der Waals surface area contributed by atoms with E-state index in [1.807, 2.05) is 6.92 Å². The van der Waals surface area contributed by atoms with Crippen LogP contribution < -0.4 is 9.47 Å².